The Morgan fingerprint density at radius 1 is 1.55 bits per heavy atom. The zero-order valence-corrected chi connectivity index (χ0v) is 8.96. The number of alkyl halides is 3. The van der Waals surface area contributed by atoms with Crippen molar-refractivity contribution in [3.63, 3.8) is 0 Å². The third-order valence-electron chi connectivity index (χ3n) is 0.765. The molecule has 0 amide bonds. The molecule has 0 saturated heterocycles. The van der Waals surface area contributed by atoms with Crippen molar-refractivity contribution in [1.29, 1.82) is 0 Å². The summed E-state index contributed by atoms with van der Waals surface area (Å²) in [7, 11) is 0. The van der Waals surface area contributed by atoms with Gasteiger partial charge < -0.3 is 0 Å². The second-order valence-electron chi connectivity index (χ2n) is 1.61. The summed E-state index contributed by atoms with van der Waals surface area (Å²) < 4.78 is 22.4. The van der Waals surface area contributed by atoms with E-state index in [1.165, 1.54) is 11.3 Å². The fourth-order valence-electron chi connectivity index (χ4n) is 0.467. The van der Waals surface area contributed by atoms with Crippen LogP contribution < -0.4 is 0 Å². The Kier molecular flexibility index (Phi) is 3.19. The highest BCUT2D eigenvalue weighted by Crippen LogP contribution is 2.42. The molecule has 0 aromatic carbocycles. The zero-order chi connectivity index (χ0) is 8.48. The van der Waals surface area contributed by atoms with Crippen LogP contribution in [-0.2, 0) is 0 Å². The molecule has 0 spiro atoms. The van der Waals surface area contributed by atoms with Gasteiger partial charge in [0, 0.05) is 0 Å². The number of thioether (sulfide) groups is 1. The molecule has 1 heterocycles. The van der Waals surface area contributed by atoms with Gasteiger partial charge in [-0.3, -0.25) is 0 Å². The van der Waals surface area contributed by atoms with Crippen LogP contribution in [-0.4, -0.2) is 4.71 Å². The summed E-state index contributed by atoms with van der Waals surface area (Å²) in [6, 6.07) is 3.30. The number of halogens is 4. The van der Waals surface area contributed by atoms with Gasteiger partial charge in [-0.25, -0.2) is 0 Å². The maximum Gasteiger partial charge on any atom is 0.376 e. The van der Waals surface area contributed by atoms with Crippen LogP contribution in [0.1, 0.15) is 0 Å². The molecule has 0 nitrogen and oxygen atoms in total. The van der Waals surface area contributed by atoms with Crippen LogP contribution in [0.2, 0.25) is 0 Å². The first kappa shape index (κ1) is 9.77. The van der Waals surface area contributed by atoms with Crippen molar-refractivity contribution in [3.05, 3.63) is 15.9 Å². The van der Waals surface area contributed by atoms with Gasteiger partial charge in [0.15, 0.2) is 0 Å². The monoisotopic (exact) mass is 278 g/mol. The Labute approximate surface area is 84.1 Å². The van der Waals surface area contributed by atoms with E-state index in [2.05, 4.69) is 15.9 Å². The molecule has 0 N–H and O–H groups in total. The quantitative estimate of drug-likeness (QED) is 0.571. The van der Waals surface area contributed by atoms with E-state index in [1.54, 1.807) is 12.1 Å². The van der Waals surface area contributed by atoms with Crippen LogP contribution in [0.5, 0.6) is 0 Å². The highest BCUT2D eigenvalue weighted by atomic mass is 79.9. The molecule has 0 radical (unpaired) electrons. The fraction of sp³-hybridized carbons (Fsp3) is 0.200. The maximum absolute atomic E-state index is 12.1. The second kappa shape index (κ2) is 3.60. The molecule has 0 aliphatic rings. The molecule has 0 atom stereocenters. The maximum atomic E-state index is 12.1. The highest BCUT2D eigenvalue weighted by molar-refractivity contribution is 9.11. The van der Waals surface area contributed by atoms with Crippen LogP contribution in [0.25, 0.3) is 0 Å². The van der Waals surface area contributed by atoms with Crippen molar-refractivity contribution in [3.8, 4) is 0 Å². The van der Waals surface area contributed by atoms with Gasteiger partial charge in [0.25, 0.3) is 0 Å². The lowest BCUT2D eigenvalue weighted by Gasteiger charge is -2.02. The predicted octanol–water partition coefficient (Wildman–Crippen LogP) is 4.39. The van der Waals surface area contributed by atoms with E-state index in [1.807, 2.05) is 0 Å². The van der Waals surface area contributed by atoms with Crippen LogP contribution in [0.4, 0.5) is 8.78 Å². The third-order valence-corrected chi connectivity index (χ3v) is 3.48. The molecule has 1 aromatic rings. The SMILES string of the molecule is FC(F)(Cl)Sc1ccc(Br)s1. The molecule has 0 aliphatic carbocycles. The summed E-state index contributed by atoms with van der Waals surface area (Å²) in [5, 5.41) is 0. The van der Waals surface area contributed by atoms with Crippen LogP contribution >= 0.6 is 50.6 Å². The van der Waals surface area contributed by atoms with Crippen molar-refractivity contribution in [2.75, 3.05) is 0 Å². The molecular weight excluding hydrogens is 278 g/mol. The van der Waals surface area contributed by atoms with Gasteiger partial charge in [0.2, 0.25) is 0 Å². The minimum atomic E-state index is -3.20. The molecule has 11 heavy (non-hydrogen) atoms. The van der Waals surface area contributed by atoms with Crippen LogP contribution in [0.15, 0.2) is 20.1 Å². The van der Waals surface area contributed by atoms with E-state index in [-0.39, 0.29) is 0 Å². The van der Waals surface area contributed by atoms with Crippen molar-refractivity contribution >= 4 is 50.6 Å². The molecule has 0 bridgehead atoms. The largest absolute Gasteiger partial charge is 0.376 e. The summed E-state index contributed by atoms with van der Waals surface area (Å²) in [5.41, 5.74) is 0. The molecule has 6 heteroatoms. The van der Waals surface area contributed by atoms with Crippen molar-refractivity contribution in [1.82, 2.24) is 0 Å². The predicted molar refractivity (Wildman–Crippen MR) is 48.7 cm³/mol. The first-order chi connectivity index (χ1) is 4.97. The Balaban J connectivity index is 2.65. The Hall–Kier alpha value is 0.680. The average Bonchev–Trinajstić information content (AvgIpc) is 2.10. The van der Waals surface area contributed by atoms with E-state index < -0.39 is 4.71 Å². The topological polar surface area (TPSA) is 0 Å². The Morgan fingerprint density at radius 3 is 2.55 bits per heavy atom. The second-order valence-corrected chi connectivity index (χ2v) is 6.18. The smallest absolute Gasteiger partial charge is 0.177 e. The zero-order valence-electron chi connectivity index (χ0n) is 4.98. The summed E-state index contributed by atoms with van der Waals surface area (Å²) in [5.74, 6) is 0. The number of rotatable bonds is 2. The molecule has 0 fully saturated rings. The first-order valence-electron chi connectivity index (χ1n) is 2.48. The van der Waals surface area contributed by atoms with Gasteiger partial charge >= 0.3 is 4.71 Å². The van der Waals surface area contributed by atoms with Gasteiger partial charge in [-0.05, 0) is 51.4 Å². The summed E-state index contributed by atoms with van der Waals surface area (Å²) >= 11 is 9.43. The highest BCUT2D eigenvalue weighted by Gasteiger charge is 2.27. The lowest BCUT2D eigenvalue weighted by atomic mass is 10.7. The molecule has 1 aromatic heterocycles. The van der Waals surface area contributed by atoms with Gasteiger partial charge in [0.05, 0.1) is 8.00 Å². The van der Waals surface area contributed by atoms with Gasteiger partial charge in [-0.2, -0.15) is 8.78 Å². The normalized spacial score (nSPS) is 12.0. The number of thiophene rings is 1. The lowest BCUT2D eigenvalue weighted by Crippen LogP contribution is -1.95. The van der Waals surface area contributed by atoms with E-state index >= 15 is 0 Å². The van der Waals surface area contributed by atoms with Crippen molar-refractivity contribution in [2.24, 2.45) is 0 Å². The summed E-state index contributed by atoms with van der Waals surface area (Å²) in [6.07, 6.45) is 0. The van der Waals surface area contributed by atoms with E-state index in [0.717, 1.165) is 3.79 Å². The number of hydrogen-bond donors (Lipinski definition) is 0. The van der Waals surface area contributed by atoms with Crippen molar-refractivity contribution < 1.29 is 8.78 Å². The van der Waals surface area contributed by atoms with Crippen molar-refractivity contribution in [2.45, 2.75) is 8.92 Å². The number of hydrogen-bond acceptors (Lipinski definition) is 2. The fourth-order valence-corrected chi connectivity index (χ4v) is 3.41. The molecule has 1 rings (SSSR count). The van der Waals surface area contributed by atoms with Gasteiger partial charge in [-0.15, -0.1) is 11.3 Å². The van der Waals surface area contributed by atoms with Crippen LogP contribution in [0.3, 0.4) is 0 Å². The summed E-state index contributed by atoms with van der Waals surface area (Å²) in [6.45, 7) is 0. The molecule has 62 valence electrons. The lowest BCUT2D eigenvalue weighted by molar-refractivity contribution is 0.203. The Bertz CT molecular complexity index is 245. The molecule has 0 aliphatic heterocycles. The van der Waals surface area contributed by atoms with E-state index in [9.17, 15) is 8.78 Å². The molecule has 0 unspecified atom stereocenters. The average molecular weight is 280 g/mol. The minimum Gasteiger partial charge on any atom is -0.177 e. The van der Waals surface area contributed by atoms with Gasteiger partial charge in [0.1, 0.15) is 0 Å². The van der Waals surface area contributed by atoms with Gasteiger partial charge in [-0.1, -0.05) is 0 Å². The van der Waals surface area contributed by atoms with E-state index in [0.29, 0.717) is 16.0 Å². The molecule has 0 saturated carbocycles. The Morgan fingerprint density at radius 2 is 2.18 bits per heavy atom. The van der Waals surface area contributed by atoms with Crippen LogP contribution in [0, 0.1) is 0 Å². The third kappa shape index (κ3) is 3.73. The molecular formula is C5H2BrClF2S2. The first-order valence-corrected chi connectivity index (χ1v) is 5.29. The van der Waals surface area contributed by atoms with E-state index in [4.69, 9.17) is 11.6 Å². The minimum absolute atomic E-state index is 0.342. The summed E-state index contributed by atoms with van der Waals surface area (Å²) in [4.78, 5) is 0. The standard InChI is InChI=1S/C5H2BrClF2S2/c6-3-1-2-4(10-3)11-5(7,8)9/h1-2H.